The summed E-state index contributed by atoms with van der Waals surface area (Å²) in [5.41, 5.74) is 8.66. The number of nitrogens with zero attached hydrogens (tertiary/aromatic N) is 6. The van der Waals surface area contributed by atoms with Crippen LogP contribution in [-0.2, 0) is 29.7 Å². The number of amides is 2. The maximum atomic E-state index is 13.1. The molecule has 0 spiro atoms. The molecule has 0 bridgehead atoms. The van der Waals surface area contributed by atoms with Crippen LogP contribution in [0.1, 0.15) is 58.0 Å². The Morgan fingerprint density at radius 2 is 1.98 bits per heavy atom. The fraction of sp³-hybridized carbons (Fsp3) is 0.414. The summed E-state index contributed by atoms with van der Waals surface area (Å²) < 4.78 is 9.74. The van der Waals surface area contributed by atoms with Crippen LogP contribution in [0.3, 0.4) is 0 Å². The van der Waals surface area contributed by atoms with Gasteiger partial charge < -0.3 is 15.4 Å². The van der Waals surface area contributed by atoms with Gasteiger partial charge >= 0.3 is 6.03 Å². The summed E-state index contributed by atoms with van der Waals surface area (Å²) in [5, 5.41) is 8.33. The van der Waals surface area contributed by atoms with Gasteiger partial charge in [-0.15, -0.1) is 0 Å². The van der Waals surface area contributed by atoms with Crippen LogP contribution in [0.2, 0.25) is 0 Å². The van der Waals surface area contributed by atoms with E-state index in [4.69, 9.17) is 10.5 Å². The maximum Gasteiger partial charge on any atom is 0.331 e. The van der Waals surface area contributed by atoms with Gasteiger partial charge in [-0.1, -0.05) is 13.8 Å². The lowest BCUT2D eigenvalue weighted by Gasteiger charge is -2.37. The molecule has 0 saturated heterocycles. The molecule has 1 atom stereocenters. The highest BCUT2D eigenvalue weighted by molar-refractivity contribution is 5.98. The minimum atomic E-state index is -0.962. The molecule has 1 aromatic carbocycles. The first-order valence-electron chi connectivity index (χ1n) is 13.5. The van der Waals surface area contributed by atoms with Crippen molar-refractivity contribution >= 4 is 28.7 Å². The number of anilines is 1. The minimum absolute atomic E-state index is 0.0473. The minimum Gasteiger partial charge on any atom is -0.439 e. The summed E-state index contributed by atoms with van der Waals surface area (Å²) >= 11 is 0. The van der Waals surface area contributed by atoms with Gasteiger partial charge in [-0.2, -0.15) is 5.10 Å². The molecular weight excluding hydrogens is 508 g/mol. The van der Waals surface area contributed by atoms with Gasteiger partial charge in [0.05, 0.1) is 23.3 Å². The molecule has 208 valence electrons. The average Bonchev–Trinajstić information content (AvgIpc) is 3.57. The Bertz CT molecular complexity index is 1640. The average molecular weight is 543 g/mol. The predicted molar refractivity (Wildman–Crippen MR) is 150 cm³/mol. The van der Waals surface area contributed by atoms with Gasteiger partial charge in [-0.05, 0) is 57.9 Å². The molecule has 0 radical (unpaired) electrons. The highest BCUT2D eigenvalue weighted by atomic mass is 16.5. The van der Waals surface area contributed by atoms with E-state index in [0.29, 0.717) is 30.4 Å². The predicted octanol–water partition coefficient (Wildman–Crippen LogP) is 4.19. The lowest BCUT2D eigenvalue weighted by Crippen LogP contribution is -2.55. The van der Waals surface area contributed by atoms with Crippen LogP contribution in [0.15, 0.2) is 42.9 Å². The van der Waals surface area contributed by atoms with Crippen molar-refractivity contribution in [1.29, 1.82) is 0 Å². The van der Waals surface area contributed by atoms with Crippen LogP contribution < -0.4 is 15.8 Å². The van der Waals surface area contributed by atoms with Gasteiger partial charge in [0.25, 0.3) is 0 Å². The maximum absolute atomic E-state index is 13.1. The number of hydrogen-bond acceptors (Lipinski definition) is 7. The Balaban J connectivity index is 1.20. The first-order valence-corrected chi connectivity index (χ1v) is 13.5. The highest BCUT2D eigenvalue weighted by Gasteiger charge is 2.36. The summed E-state index contributed by atoms with van der Waals surface area (Å²) in [6, 6.07) is 9.00. The van der Waals surface area contributed by atoms with Gasteiger partial charge in [0.2, 0.25) is 11.8 Å². The second-order valence-electron chi connectivity index (χ2n) is 12.0. The van der Waals surface area contributed by atoms with Crippen LogP contribution in [-0.4, -0.2) is 52.7 Å². The number of nitrogens with two attached hydrogens (primary N) is 1. The SMILES string of the molecule is CC1Cc2c(ncnc2Oc2ccc3c(ccn3C(=O)Nc3cc4n(n3)CCC4(C)C)c2)CN1C(=O)C(C)(C)N. The molecule has 40 heavy (non-hydrogen) atoms. The van der Waals surface area contributed by atoms with Crippen LogP contribution in [0, 0.1) is 0 Å². The number of aromatic nitrogens is 5. The molecule has 0 saturated carbocycles. The fourth-order valence-corrected chi connectivity index (χ4v) is 5.57. The molecular formula is C29H34N8O3. The summed E-state index contributed by atoms with van der Waals surface area (Å²) in [7, 11) is 0. The molecule has 2 aliphatic rings. The van der Waals surface area contributed by atoms with E-state index in [1.165, 1.54) is 6.33 Å². The van der Waals surface area contributed by atoms with E-state index in [0.717, 1.165) is 40.8 Å². The van der Waals surface area contributed by atoms with Crippen LogP contribution in [0.5, 0.6) is 11.6 Å². The molecule has 11 heteroatoms. The Kier molecular flexibility index (Phi) is 5.95. The summed E-state index contributed by atoms with van der Waals surface area (Å²) in [5.74, 6) is 1.48. The number of fused-ring (bicyclic) bond motifs is 3. The van der Waals surface area contributed by atoms with E-state index < -0.39 is 5.54 Å². The van der Waals surface area contributed by atoms with Crippen LogP contribution >= 0.6 is 0 Å². The van der Waals surface area contributed by atoms with Crippen molar-refractivity contribution in [2.45, 2.75) is 77.5 Å². The molecule has 0 aliphatic carbocycles. The van der Waals surface area contributed by atoms with Gasteiger partial charge in [-0.3, -0.25) is 19.4 Å². The van der Waals surface area contributed by atoms with E-state index in [1.807, 2.05) is 41.9 Å². The van der Waals surface area contributed by atoms with E-state index in [1.54, 1.807) is 29.5 Å². The highest BCUT2D eigenvalue weighted by Crippen LogP contribution is 2.36. The Labute approximate surface area is 232 Å². The first kappa shape index (κ1) is 26.0. The van der Waals surface area contributed by atoms with Crippen molar-refractivity contribution in [3.8, 4) is 11.6 Å². The molecule has 4 aromatic rings. The summed E-state index contributed by atoms with van der Waals surface area (Å²) in [6.07, 6.45) is 4.78. The van der Waals surface area contributed by atoms with Gasteiger partial charge in [0, 0.05) is 46.9 Å². The second kappa shape index (κ2) is 9.16. The lowest BCUT2D eigenvalue weighted by molar-refractivity contribution is -0.139. The third-order valence-electron chi connectivity index (χ3n) is 7.91. The second-order valence-corrected chi connectivity index (χ2v) is 12.0. The number of rotatable bonds is 4. The number of nitrogens with one attached hydrogen (secondary N) is 1. The van der Waals surface area contributed by atoms with Gasteiger partial charge in [0.1, 0.15) is 12.1 Å². The molecule has 3 aromatic heterocycles. The molecule has 6 rings (SSSR count). The molecule has 3 N–H and O–H groups in total. The smallest absolute Gasteiger partial charge is 0.331 e. The van der Waals surface area contributed by atoms with Crippen LogP contribution in [0.4, 0.5) is 10.6 Å². The van der Waals surface area contributed by atoms with Crippen molar-refractivity contribution in [3.63, 3.8) is 0 Å². The number of benzene rings is 1. The monoisotopic (exact) mass is 542 g/mol. The normalized spacial score (nSPS) is 17.9. The topological polar surface area (TPSA) is 133 Å². The Hall–Kier alpha value is -4.25. The zero-order chi connectivity index (χ0) is 28.4. The molecule has 1 unspecified atom stereocenters. The number of ether oxygens (including phenoxy) is 1. The zero-order valence-electron chi connectivity index (χ0n) is 23.4. The number of carbonyl (C=O) groups excluding carboxylic acids is 2. The zero-order valence-corrected chi connectivity index (χ0v) is 23.4. The van der Waals surface area contributed by atoms with E-state index >= 15 is 0 Å². The number of aryl methyl sites for hydroxylation is 1. The third kappa shape index (κ3) is 4.49. The summed E-state index contributed by atoms with van der Waals surface area (Å²) in [4.78, 5) is 36.5. The fourth-order valence-electron chi connectivity index (χ4n) is 5.57. The molecule has 0 fully saturated rings. The van der Waals surface area contributed by atoms with Crippen molar-refractivity contribution in [1.82, 2.24) is 29.2 Å². The first-order chi connectivity index (χ1) is 18.9. The quantitative estimate of drug-likeness (QED) is 0.395. The molecule has 2 amide bonds. The van der Waals surface area contributed by atoms with Crippen molar-refractivity contribution in [2.75, 3.05) is 5.32 Å². The molecule has 5 heterocycles. The van der Waals surface area contributed by atoms with Crippen LogP contribution in [0.25, 0.3) is 10.9 Å². The van der Waals surface area contributed by atoms with Crippen molar-refractivity contribution < 1.29 is 14.3 Å². The Morgan fingerprint density at radius 3 is 2.73 bits per heavy atom. The van der Waals surface area contributed by atoms with Gasteiger partial charge in [-0.25, -0.2) is 14.8 Å². The Morgan fingerprint density at radius 1 is 1.18 bits per heavy atom. The van der Waals surface area contributed by atoms with Crippen molar-refractivity contribution in [3.05, 3.63) is 59.8 Å². The van der Waals surface area contributed by atoms with E-state index in [9.17, 15) is 9.59 Å². The van der Waals surface area contributed by atoms with E-state index in [-0.39, 0.29) is 23.4 Å². The molecule has 11 nitrogen and oxygen atoms in total. The third-order valence-corrected chi connectivity index (χ3v) is 7.91. The standard InChI is InChI=1S/C29H34N8O3/c1-17-12-20-21(15-36(17)26(38)29(4,5)30)31-16-32-25(20)40-19-6-7-22-18(13-19)8-10-35(22)27(39)33-24-14-23-28(2,3)9-11-37(23)34-24/h6-8,10,13-14,16-17H,9,11-12,15,30H2,1-5H3,(H,33,34,39). The van der Waals surface area contributed by atoms with E-state index in [2.05, 4.69) is 34.2 Å². The lowest BCUT2D eigenvalue weighted by atomic mass is 9.89. The summed E-state index contributed by atoms with van der Waals surface area (Å²) in [6.45, 7) is 11.0. The van der Waals surface area contributed by atoms with Gasteiger partial charge in [0.15, 0.2) is 5.82 Å². The number of hydrogen-bond donors (Lipinski definition) is 2. The number of carbonyl (C=O) groups is 2. The van der Waals surface area contributed by atoms with Crippen molar-refractivity contribution in [2.24, 2.45) is 5.73 Å². The molecule has 2 aliphatic heterocycles. The largest absolute Gasteiger partial charge is 0.439 e.